The second-order valence-corrected chi connectivity index (χ2v) is 11.7. The van der Waals surface area contributed by atoms with E-state index in [1.807, 2.05) is 0 Å². The van der Waals surface area contributed by atoms with Crippen molar-refractivity contribution in [2.45, 2.75) is 98.3 Å². The number of hydrogen-bond acceptors (Lipinski definition) is 0. The van der Waals surface area contributed by atoms with Crippen molar-refractivity contribution in [2.24, 2.45) is 0 Å². The highest BCUT2D eigenvalue weighted by Crippen LogP contribution is 2.62. The molecule has 0 bridgehead atoms. The van der Waals surface area contributed by atoms with E-state index in [4.69, 9.17) is 0 Å². The normalized spacial score (nSPS) is 13.0. The van der Waals surface area contributed by atoms with Crippen LogP contribution in [0.2, 0.25) is 0 Å². The minimum Gasteiger partial charge on any atom is -0.0653 e. The summed E-state index contributed by atoms with van der Waals surface area (Å²) in [6.45, 7) is 21.6. The third-order valence-electron chi connectivity index (χ3n) is 4.79. The fourth-order valence-corrected chi connectivity index (χ4v) is 8.98. The van der Waals surface area contributed by atoms with Crippen LogP contribution in [0.4, 0.5) is 0 Å². The quantitative estimate of drug-likeness (QED) is 0.480. The third kappa shape index (κ3) is 4.35. The van der Waals surface area contributed by atoms with E-state index in [1.165, 1.54) is 42.4 Å². The van der Waals surface area contributed by atoms with Crippen molar-refractivity contribution >= 4 is 13.2 Å². The molecule has 0 fully saturated rings. The van der Waals surface area contributed by atoms with Crippen molar-refractivity contribution in [1.29, 1.82) is 0 Å². The predicted octanol–water partition coefficient (Wildman–Crippen LogP) is 6.88. The van der Waals surface area contributed by atoms with Gasteiger partial charge in [0.05, 0.1) is 0 Å². The summed E-state index contributed by atoms with van der Waals surface area (Å²) >= 11 is 0. The van der Waals surface area contributed by atoms with Crippen molar-refractivity contribution < 1.29 is 0 Å². The van der Waals surface area contributed by atoms with E-state index in [0.29, 0.717) is 10.3 Å². The van der Waals surface area contributed by atoms with Crippen molar-refractivity contribution in [2.75, 3.05) is 0 Å². The summed E-state index contributed by atoms with van der Waals surface area (Å²) in [6.07, 6.45) is 5.19. The third-order valence-corrected chi connectivity index (χ3v) is 8.81. The Balaban J connectivity index is 3.52. The minimum absolute atomic E-state index is 0.208. The van der Waals surface area contributed by atoms with Crippen LogP contribution in [0, 0.1) is 20.8 Å². The monoisotopic (exact) mass is 320 g/mol. The number of hydrogen-bond donors (Lipinski definition) is 0. The Labute approximate surface area is 140 Å². The van der Waals surface area contributed by atoms with Crippen LogP contribution in [0.1, 0.15) is 83.9 Å². The lowest BCUT2D eigenvalue weighted by Crippen LogP contribution is -2.37. The fraction of sp³-hybridized carbons (Fsp3) is 0.714. The molecule has 1 rings (SSSR count). The Hall–Kier alpha value is -0.350. The largest absolute Gasteiger partial charge is 0.0653 e. The van der Waals surface area contributed by atoms with Gasteiger partial charge in [-0.05, 0) is 60.4 Å². The van der Waals surface area contributed by atoms with Crippen LogP contribution in [0.25, 0.3) is 0 Å². The summed E-state index contributed by atoms with van der Waals surface area (Å²) in [5.41, 5.74) is 4.42. The van der Waals surface area contributed by atoms with Gasteiger partial charge < -0.3 is 0 Å². The predicted molar refractivity (Wildman–Crippen MR) is 105 cm³/mol. The minimum atomic E-state index is -0.208. The van der Waals surface area contributed by atoms with Crippen molar-refractivity contribution in [3.63, 3.8) is 0 Å². The molecule has 0 saturated heterocycles. The van der Waals surface area contributed by atoms with Gasteiger partial charge in [-0.1, -0.05) is 80.0 Å². The van der Waals surface area contributed by atoms with Crippen molar-refractivity contribution in [3.8, 4) is 0 Å². The van der Waals surface area contributed by atoms with Crippen LogP contribution in [0.5, 0.6) is 0 Å². The van der Waals surface area contributed by atoms with Gasteiger partial charge in [-0.25, -0.2) is 0 Å². The molecule has 22 heavy (non-hydrogen) atoms. The van der Waals surface area contributed by atoms with Gasteiger partial charge in [0.15, 0.2) is 0 Å². The molecule has 1 aromatic carbocycles. The average molecular weight is 321 g/mol. The second kappa shape index (κ2) is 7.48. The zero-order valence-corrected chi connectivity index (χ0v) is 17.3. The molecule has 0 heterocycles. The van der Waals surface area contributed by atoms with E-state index in [-0.39, 0.29) is 7.92 Å². The first-order valence-electron chi connectivity index (χ1n) is 8.95. The van der Waals surface area contributed by atoms with Gasteiger partial charge in [0.25, 0.3) is 0 Å². The van der Waals surface area contributed by atoms with Gasteiger partial charge in [0, 0.05) is 0 Å². The van der Waals surface area contributed by atoms with Crippen molar-refractivity contribution in [3.05, 3.63) is 28.8 Å². The number of aryl methyl sites for hydroxylation is 3. The lowest BCUT2D eigenvalue weighted by atomic mass is 10.1. The maximum atomic E-state index is 2.51. The molecule has 0 saturated carbocycles. The van der Waals surface area contributed by atoms with Gasteiger partial charge in [0.2, 0.25) is 0 Å². The highest BCUT2D eigenvalue weighted by molar-refractivity contribution is 7.68. The molecule has 0 spiro atoms. The van der Waals surface area contributed by atoms with E-state index in [1.54, 1.807) is 5.30 Å². The van der Waals surface area contributed by atoms with E-state index < -0.39 is 0 Å². The van der Waals surface area contributed by atoms with Gasteiger partial charge >= 0.3 is 0 Å². The summed E-state index contributed by atoms with van der Waals surface area (Å²) in [4.78, 5) is 0. The molecule has 126 valence electrons. The zero-order chi connectivity index (χ0) is 17.1. The smallest absolute Gasteiger partial charge is 0.0106 e. The first-order valence-corrected chi connectivity index (χ1v) is 10.3. The number of rotatable bonds is 7. The SMILES string of the molecule is CCCC(C)(C)P(c1c(C)cc(C)cc1C)C(C)(C)CCC. The van der Waals surface area contributed by atoms with Gasteiger partial charge in [0.1, 0.15) is 0 Å². The van der Waals surface area contributed by atoms with Crippen LogP contribution in [0.3, 0.4) is 0 Å². The maximum Gasteiger partial charge on any atom is -0.0106 e. The zero-order valence-electron chi connectivity index (χ0n) is 16.4. The lowest BCUT2D eigenvalue weighted by molar-refractivity contribution is 0.563. The molecular weight excluding hydrogens is 283 g/mol. The molecule has 0 amide bonds. The lowest BCUT2D eigenvalue weighted by Gasteiger charge is -2.47. The molecular formula is C21H37P. The molecule has 0 N–H and O–H groups in total. The molecule has 0 atom stereocenters. The molecule has 0 unspecified atom stereocenters. The van der Waals surface area contributed by atoms with Gasteiger partial charge in [-0.15, -0.1) is 0 Å². The van der Waals surface area contributed by atoms with Crippen LogP contribution in [-0.4, -0.2) is 10.3 Å². The summed E-state index contributed by atoms with van der Waals surface area (Å²) < 4.78 is 0. The molecule has 0 nitrogen and oxygen atoms in total. The topological polar surface area (TPSA) is 0 Å². The van der Waals surface area contributed by atoms with Gasteiger partial charge in [-0.3, -0.25) is 0 Å². The highest BCUT2D eigenvalue weighted by atomic mass is 31.1. The van der Waals surface area contributed by atoms with Crippen LogP contribution < -0.4 is 5.30 Å². The Morgan fingerprint density at radius 1 is 0.773 bits per heavy atom. The molecule has 0 radical (unpaired) electrons. The van der Waals surface area contributed by atoms with Crippen LogP contribution >= 0.6 is 7.92 Å². The molecule has 1 aromatic rings. The summed E-state index contributed by atoms with van der Waals surface area (Å²) in [7, 11) is -0.208. The van der Waals surface area contributed by atoms with E-state index >= 15 is 0 Å². The first kappa shape index (κ1) is 19.7. The Bertz CT molecular complexity index is 456. The first-order chi connectivity index (χ1) is 10.1. The van der Waals surface area contributed by atoms with Crippen LogP contribution in [0.15, 0.2) is 12.1 Å². The molecule has 0 aromatic heterocycles. The van der Waals surface area contributed by atoms with Crippen LogP contribution in [-0.2, 0) is 0 Å². The van der Waals surface area contributed by atoms with E-state index in [2.05, 4.69) is 74.4 Å². The highest BCUT2D eigenvalue weighted by Gasteiger charge is 2.41. The maximum absolute atomic E-state index is 2.51. The standard InChI is InChI=1S/C21H37P/c1-10-12-20(6,7)22(21(8,9)13-11-2)19-17(4)14-16(3)15-18(19)5/h14-15H,10-13H2,1-9H3. The average Bonchev–Trinajstić information content (AvgIpc) is 2.32. The summed E-state index contributed by atoms with van der Waals surface area (Å²) in [5.74, 6) is 0. The van der Waals surface area contributed by atoms with Gasteiger partial charge in [-0.2, -0.15) is 0 Å². The second-order valence-electron chi connectivity index (χ2n) is 8.21. The Morgan fingerprint density at radius 2 is 1.14 bits per heavy atom. The molecule has 0 aliphatic carbocycles. The fourth-order valence-electron chi connectivity index (χ4n) is 4.40. The summed E-state index contributed by atoms with van der Waals surface area (Å²) in [5, 5.41) is 2.47. The Kier molecular flexibility index (Phi) is 6.70. The molecule has 0 aliphatic rings. The summed E-state index contributed by atoms with van der Waals surface area (Å²) in [6, 6.07) is 4.78. The number of benzene rings is 1. The van der Waals surface area contributed by atoms with Crippen molar-refractivity contribution in [1.82, 2.24) is 0 Å². The molecule has 1 heteroatoms. The van der Waals surface area contributed by atoms with E-state index in [9.17, 15) is 0 Å². The Morgan fingerprint density at radius 3 is 1.45 bits per heavy atom. The van der Waals surface area contributed by atoms with E-state index in [0.717, 1.165) is 0 Å². The molecule has 0 aliphatic heterocycles.